The van der Waals surface area contributed by atoms with E-state index in [1.54, 1.807) is 44.4 Å². The minimum atomic E-state index is -0.334. The van der Waals surface area contributed by atoms with Crippen LogP contribution in [0.25, 0.3) is 0 Å². The highest BCUT2D eigenvalue weighted by Gasteiger charge is 2.17. The van der Waals surface area contributed by atoms with Crippen molar-refractivity contribution in [2.75, 3.05) is 33.6 Å². The summed E-state index contributed by atoms with van der Waals surface area (Å²) >= 11 is 4.43. The molecule has 0 aliphatic heterocycles. The standard InChI is InChI=1S/C18H19BrN2O4S/c1-21(2)18(23)26-15-8-6-5-7-12(15)20-17(22)11-9-13(24-3)16(19)14(10-11)25-4/h5-10H,1-4H3,(H,20,22). The van der Waals surface area contributed by atoms with E-state index >= 15 is 0 Å². The molecule has 6 nitrogen and oxygen atoms in total. The van der Waals surface area contributed by atoms with E-state index in [0.29, 0.717) is 32.1 Å². The number of hydrogen-bond acceptors (Lipinski definition) is 5. The number of hydrogen-bond donors (Lipinski definition) is 1. The zero-order valence-electron chi connectivity index (χ0n) is 14.8. The van der Waals surface area contributed by atoms with Gasteiger partial charge in [0.2, 0.25) is 0 Å². The van der Waals surface area contributed by atoms with E-state index in [9.17, 15) is 9.59 Å². The predicted molar refractivity (Wildman–Crippen MR) is 107 cm³/mol. The van der Waals surface area contributed by atoms with Gasteiger partial charge in [-0.1, -0.05) is 12.1 Å². The van der Waals surface area contributed by atoms with Gasteiger partial charge < -0.3 is 19.7 Å². The minimum absolute atomic E-state index is 0.126. The molecular weight excluding hydrogens is 420 g/mol. The van der Waals surface area contributed by atoms with Gasteiger partial charge in [0.1, 0.15) is 16.0 Å². The van der Waals surface area contributed by atoms with Crippen molar-refractivity contribution < 1.29 is 19.1 Å². The maximum absolute atomic E-state index is 12.7. The zero-order valence-corrected chi connectivity index (χ0v) is 17.2. The summed E-state index contributed by atoms with van der Waals surface area (Å²) in [4.78, 5) is 26.8. The highest BCUT2D eigenvalue weighted by molar-refractivity contribution is 9.10. The van der Waals surface area contributed by atoms with Crippen LogP contribution in [-0.2, 0) is 0 Å². The number of carbonyl (C=O) groups excluding carboxylic acids is 2. The van der Waals surface area contributed by atoms with Crippen molar-refractivity contribution >= 4 is 44.5 Å². The molecule has 0 heterocycles. The van der Waals surface area contributed by atoms with E-state index in [2.05, 4.69) is 21.2 Å². The molecule has 0 spiro atoms. The summed E-state index contributed by atoms with van der Waals surface area (Å²) in [7, 11) is 6.38. The van der Waals surface area contributed by atoms with Gasteiger partial charge >= 0.3 is 0 Å². The van der Waals surface area contributed by atoms with Crippen molar-refractivity contribution in [3.8, 4) is 11.5 Å². The average Bonchev–Trinajstić information content (AvgIpc) is 2.63. The smallest absolute Gasteiger partial charge is 0.286 e. The average molecular weight is 439 g/mol. The first-order chi connectivity index (χ1) is 12.4. The SMILES string of the molecule is COc1cc(C(=O)Nc2ccccc2SC(=O)N(C)C)cc(OC)c1Br. The molecule has 1 N–H and O–H groups in total. The molecule has 2 rings (SSSR count). The third-order valence-corrected chi connectivity index (χ3v) is 5.30. The van der Waals surface area contributed by atoms with E-state index in [-0.39, 0.29) is 11.1 Å². The largest absolute Gasteiger partial charge is 0.495 e. The Balaban J connectivity index is 2.30. The van der Waals surface area contributed by atoms with Gasteiger partial charge in [-0.2, -0.15) is 0 Å². The third kappa shape index (κ3) is 4.70. The first-order valence-corrected chi connectivity index (χ1v) is 9.19. The van der Waals surface area contributed by atoms with Crippen LogP contribution in [0.1, 0.15) is 10.4 Å². The Kier molecular flexibility index (Phi) is 6.93. The maximum atomic E-state index is 12.7. The summed E-state index contributed by atoms with van der Waals surface area (Å²) in [6, 6.07) is 10.4. The molecule has 2 aromatic carbocycles. The van der Waals surface area contributed by atoms with E-state index in [1.807, 2.05) is 6.07 Å². The number of amides is 2. The van der Waals surface area contributed by atoms with Gasteiger partial charge in [-0.15, -0.1) is 0 Å². The van der Waals surface area contributed by atoms with Gasteiger partial charge in [-0.05, 0) is 52.0 Å². The molecule has 8 heteroatoms. The Bertz CT molecular complexity index is 802. The molecule has 0 radical (unpaired) electrons. The number of methoxy groups -OCH3 is 2. The lowest BCUT2D eigenvalue weighted by atomic mass is 10.1. The second-order valence-electron chi connectivity index (χ2n) is 5.41. The second-order valence-corrected chi connectivity index (χ2v) is 7.19. The Morgan fingerprint density at radius 3 is 2.19 bits per heavy atom. The van der Waals surface area contributed by atoms with E-state index in [1.165, 1.54) is 19.1 Å². The van der Waals surface area contributed by atoms with Crippen molar-refractivity contribution in [3.05, 3.63) is 46.4 Å². The van der Waals surface area contributed by atoms with Crippen molar-refractivity contribution in [3.63, 3.8) is 0 Å². The second kappa shape index (κ2) is 8.95. The van der Waals surface area contributed by atoms with Crippen LogP contribution in [0.3, 0.4) is 0 Å². The van der Waals surface area contributed by atoms with E-state index in [4.69, 9.17) is 9.47 Å². The summed E-state index contributed by atoms with van der Waals surface area (Å²) in [5.74, 6) is 0.638. The van der Waals surface area contributed by atoms with E-state index in [0.717, 1.165) is 11.8 Å². The van der Waals surface area contributed by atoms with Crippen molar-refractivity contribution in [1.82, 2.24) is 4.90 Å². The van der Waals surface area contributed by atoms with Crippen LogP contribution >= 0.6 is 27.7 Å². The number of para-hydroxylation sites is 1. The molecular formula is C18H19BrN2O4S. The summed E-state index contributed by atoms with van der Waals surface area (Å²) in [5, 5.41) is 2.71. The molecule has 0 bridgehead atoms. The number of nitrogens with one attached hydrogen (secondary N) is 1. The summed E-state index contributed by atoms with van der Waals surface area (Å²) in [6.45, 7) is 0. The molecule has 0 aromatic heterocycles. The predicted octanol–water partition coefficient (Wildman–Crippen LogP) is 4.49. The number of anilines is 1. The van der Waals surface area contributed by atoms with Crippen LogP contribution in [0.5, 0.6) is 11.5 Å². The molecule has 26 heavy (non-hydrogen) atoms. The Morgan fingerprint density at radius 2 is 1.65 bits per heavy atom. The number of benzene rings is 2. The summed E-state index contributed by atoms with van der Waals surface area (Å²) in [6.07, 6.45) is 0. The monoisotopic (exact) mass is 438 g/mol. The Labute approximate surface area is 165 Å². The first kappa shape index (κ1) is 20.1. The lowest BCUT2D eigenvalue weighted by molar-refractivity contribution is 0.102. The highest BCUT2D eigenvalue weighted by Crippen LogP contribution is 2.36. The topological polar surface area (TPSA) is 67.9 Å². The quantitative estimate of drug-likeness (QED) is 0.696. The number of ether oxygens (including phenoxy) is 2. The van der Waals surface area contributed by atoms with Crippen molar-refractivity contribution in [2.24, 2.45) is 0 Å². The van der Waals surface area contributed by atoms with Crippen LogP contribution in [0, 0.1) is 0 Å². The molecule has 2 amide bonds. The fraction of sp³-hybridized carbons (Fsp3) is 0.222. The van der Waals surface area contributed by atoms with Crippen molar-refractivity contribution in [2.45, 2.75) is 4.90 Å². The lowest BCUT2D eigenvalue weighted by Crippen LogP contribution is -2.17. The van der Waals surface area contributed by atoms with E-state index < -0.39 is 0 Å². The maximum Gasteiger partial charge on any atom is 0.286 e. The fourth-order valence-corrected chi connectivity index (χ4v) is 3.34. The van der Waals surface area contributed by atoms with Crippen LogP contribution in [0.15, 0.2) is 45.8 Å². The molecule has 0 saturated carbocycles. The molecule has 2 aromatic rings. The molecule has 0 aliphatic carbocycles. The van der Waals surface area contributed by atoms with Crippen LogP contribution in [-0.4, -0.2) is 44.4 Å². The summed E-state index contributed by atoms with van der Waals surface area (Å²) < 4.78 is 11.2. The van der Waals surface area contributed by atoms with Gasteiger partial charge in [0.25, 0.3) is 11.1 Å². The zero-order chi connectivity index (χ0) is 19.3. The number of rotatable bonds is 5. The fourth-order valence-electron chi connectivity index (χ4n) is 2.04. The third-order valence-electron chi connectivity index (χ3n) is 3.41. The van der Waals surface area contributed by atoms with Crippen LogP contribution in [0.2, 0.25) is 0 Å². The number of thioether (sulfide) groups is 1. The summed E-state index contributed by atoms with van der Waals surface area (Å²) in [5.41, 5.74) is 0.930. The van der Waals surface area contributed by atoms with Crippen LogP contribution < -0.4 is 14.8 Å². The minimum Gasteiger partial charge on any atom is -0.495 e. The Morgan fingerprint density at radius 1 is 1.08 bits per heavy atom. The first-order valence-electron chi connectivity index (χ1n) is 7.58. The number of carbonyl (C=O) groups is 2. The van der Waals surface area contributed by atoms with Crippen LogP contribution in [0.4, 0.5) is 10.5 Å². The van der Waals surface area contributed by atoms with Gasteiger partial charge in [0.05, 0.1) is 19.9 Å². The number of nitrogens with zero attached hydrogens (tertiary/aromatic N) is 1. The molecule has 0 unspecified atom stereocenters. The number of halogens is 1. The molecule has 138 valence electrons. The molecule has 0 fully saturated rings. The van der Waals surface area contributed by atoms with Gasteiger partial charge in [0, 0.05) is 24.6 Å². The molecule has 0 aliphatic rings. The van der Waals surface area contributed by atoms with Gasteiger partial charge in [0.15, 0.2) is 0 Å². The highest BCUT2D eigenvalue weighted by atomic mass is 79.9. The Hall–Kier alpha value is -2.19. The molecule has 0 atom stereocenters. The van der Waals surface area contributed by atoms with Gasteiger partial charge in [-0.3, -0.25) is 9.59 Å². The lowest BCUT2D eigenvalue weighted by Gasteiger charge is -2.14. The van der Waals surface area contributed by atoms with Gasteiger partial charge in [-0.25, -0.2) is 0 Å². The van der Waals surface area contributed by atoms with Crippen molar-refractivity contribution in [1.29, 1.82) is 0 Å². The molecule has 0 saturated heterocycles. The normalized spacial score (nSPS) is 10.2.